The number of aromatic nitrogens is 2. The first-order valence-corrected chi connectivity index (χ1v) is 9.74. The molecule has 2 aromatic rings. The lowest BCUT2D eigenvalue weighted by Crippen LogP contribution is -2.22. The first-order chi connectivity index (χ1) is 10.3. The first-order valence-electron chi connectivity index (χ1n) is 7.76. The second-order valence-corrected chi connectivity index (χ2v) is 7.69. The van der Waals surface area contributed by atoms with Gasteiger partial charge in [-0.1, -0.05) is 6.92 Å². The highest BCUT2D eigenvalue weighted by Gasteiger charge is 2.21. The summed E-state index contributed by atoms with van der Waals surface area (Å²) < 4.78 is 2.01. The third-order valence-corrected chi connectivity index (χ3v) is 6.15. The lowest BCUT2D eigenvalue weighted by molar-refractivity contribution is 0.603. The van der Waals surface area contributed by atoms with Crippen LogP contribution in [0.2, 0.25) is 0 Å². The molecule has 0 fully saturated rings. The van der Waals surface area contributed by atoms with Gasteiger partial charge in [0.15, 0.2) is 0 Å². The summed E-state index contributed by atoms with van der Waals surface area (Å²) in [6.45, 7) is 6.32. The van der Waals surface area contributed by atoms with Crippen LogP contribution in [0.5, 0.6) is 0 Å². The van der Waals surface area contributed by atoms with E-state index in [0.29, 0.717) is 6.04 Å². The molecule has 0 bridgehead atoms. The summed E-state index contributed by atoms with van der Waals surface area (Å²) >= 11 is 4.05. The molecular formula is C16H23N3S2. The van der Waals surface area contributed by atoms with E-state index >= 15 is 0 Å². The van der Waals surface area contributed by atoms with Crippen molar-refractivity contribution >= 4 is 23.1 Å². The van der Waals surface area contributed by atoms with Crippen LogP contribution < -0.4 is 5.32 Å². The average molecular weight is 322 g/mol. The molecule has 1 atom stereocenters. The third-order valence-electron chi connectivity index (χ3n) is 3.84. The van der Waals surface area contributed by atoms with E-state index in [2.05, 4.69) is 48.3 Å². The van der Waals surface area contributed by atoms with Gasteiger partial charge >= 0.3 is 0 Å². The molecule has 0 aromatic carbocycles. The molecule has 0 saturated carbocycles. The van der Waals surface area contributed by atoms with Gasteiger partial charge in [0.25, 0.3) is 0 Å². The molecule has 3 nitrogen and oxygen atoms in total. The molecular weight excluding hydrogens is 298 g/mol. The monoisotopic (exact) mass is 321 g/mol. The lowest BCUT2D eigenvalue weighted by Gasteiger charge is -2.15. The van der Waals surface area contributed by atoms with E-state index < -0.39 is 0 Å². The number of thiophene rings is 1. The summed E-state index contributed by atoms with van der Waals surface area (Å²) in [6.07, 6.45) is 6.59. The molecule has 0 amide bonds. The fourth-order valence-electron chi connectivity index (χ4n) is 2.69. The minimum Gasteiger partial charge on any atom is -0.306 e. The van der Waals surface area contributed by atoms with Gasteiger partial charge < -0.3 is 5.32 Å². The molecule has 21 heavy (non-hydrogen) atoms. The zero-order chi connectivity index (χ0) is 14.7. The van der Waals surface area contributed by atoms with Crippen molar-refractivity contribution in [2.75, 3.05) is 12.3 Å². The summed E-state index contributed by atoms with van der Waals surface area (Å²) in [5.41, 5.74) is 2.84. The Kier molecular flexibility index (Phi) is 5.03. The smallest absolute Gasteiger partial charge is 0.0702 e. The highest BCUT2D eigenvalue weighted by molar-refractivity contribution is 7.98. The van der Waals surface area contributed by atoms with Crippen LogP contribution in [-0.2, 0) is 18.7 Å². The van der Waals surface area contributed by atoms with E-state index in [1.807, 2.05) is 22.2 Å². The Morgan fingerprint density at radius 2 is 2.33 bits per heavy atom. The Balaban J connectivity index is 1.89. The molecule has 3 rings (SSSR count). The summed E-state index contributed by atoms with van der Waals surface area (Å²) in [5, 5.41) is 8.15. The Hall–Kier alpha value is -0.780. The highest BCUT2D eigenvalue weighted by atomic mass is 32.2. The predicted molar refractivity (Wildman–Crippen MR) is 92.2 cm³/mol. The molecule has 1 unspecified atom stereocenters. The molecule has 114 valence electrons. The highest BCUT2D eigenvalue weighted by Crippen LogP contribution is 2.36. The van der Waals surface area contributed by atoms with Crippen molar-refractivity contribution in [2.24, 2.45) is 0 Å². The second kappa shape index (κ2) is 6.99. The van der Waals surface area contributed by atoms with E-state index in [1.54, 1.807) is 10.4 Å². The molecule has 1 N–H and O–H groups in total. The van der Waals surface area contributed by atoms with E-state index in [0.717, 1.165) is 19.5 Å². The predicted octanol–water partition coefficient (Wildman–Crippen LogP) is 3.84. The van der Waals surface area contributed by atoms with Gasteiger partial charge in [-0.2, -0.15) is 16.9 Å². The van der Waals surface area contributed by atoms with Gasteiger partial charge in [-0.05, 0) is 43.7 Å². The Morgan fingerprint density at radius 3 is 3.05 bits per heavy atom. The van der Waals surface area contributed by atoms with Crippen LogP contribution in [0.1, 0.15) is 47.2 Å². The summed E-state index contributed by atoms with van der Waals surface area (Å²) in [5.74, 6) is 2.45. The van der Waals surface area contributed by atoms with Gasteiger partial charge in [0.2, 0.25) is 0 Å². The maximum absolute atomic E-state index is 4.45. The first kappa shape index (κ1) is 15.1. The van der Waals surface area contributed by atoms with Crippen molar-refractivity contribution in [3.63, 3.8) is 0 Å². The van der Waals surface area contributed by atoms with Gasteiger partial charge in [-0.15, -0.1) is 11.3 Å². The SMILES string of the molecule is CCCNC(c1cnn(CC)c1)c1cc2c(s1)CCSC2. The molecule has 0 aliphatic carbocycles. The molecule has 3 heterocycles. The number of hydrogen-bond donors (Lipinski definition) is 1. The van der Waals surface area contributed by atoms with Crippen molar-refractivity contribution < 1.29 is 0 Å². The van der Waals surface area contributed by atoms with Gasteiger partial charge in [-0.25, -0.2) is 0 Å². The molecule has 0 spiro atoms. The number of aryl methyl sites for hydroxylation is 2. The Labute approximate surface area is 135 Å². The maximum Gasteiger partial charge on any atom is 0.0702 e. The fourth-order valence-corrected chi connectivity index (χ4v) is 5.17. The van der Waals surface area contributed by atoms with E-state index in [-0.39, 0.29) is 0 Å². The molecule has 1 aliphatic rings. The lowest BCUT2D eigenvalue weighted by atomic mass is 10.1. The maximum atomic E-state index is 4.45. The van der Waals surface area contributed by atoms with Crippen molar-refractivity contribution in [3.05, 3.63) is 39.3 Å². The van der Waals surface area contributed by atoms with Crippen LogP contribution in [-0.4, -0.2) is 22.1 Å². The summed E-state index contributed by atoms with van der Waals surface area (Å²) in [7, 11) is 0. The number of nitrogens with one attached hydrogen (secondary N) is 1. The average Bonchev–Trinajstić information content (AvgIpc) is 3.14. The zero-order valence-electron chi connectivity index (χ0n) is 12.8. The number of rotatable bonds is 6. The summed E-state index contributed by atoms with van der Waals surface area (Å²) in [4.78, 5) is 3.04. The zero-order valence-corrected chi connectivity index (χ0v) is 14.4. The number of fused-ring (bicyclic) bond motifs is 1. The van der Waals surface area contributed by atoms with Gasteiger partial charge in [0.05, 0.1) is 12.2 Å². The van der Waals surface area contributed by atoms with E-state index in [9.17, 15) is 0 Å². The normalized spacial score (nSPS) is 15.9. The molecule has 2 aromatic heterocycles. The van der Waals surface area contributed by atoms with Crippen LogP contribution >= 0.6 is 23.1 Å². The van der Waals surface area contributed by atoms with Gasteiger partial charge in [0, 0.05) is 33.8 Å². The van der Waals surface area contributed by atoms with Crippen LogP contribution in [0.4, 0.5) is 0 Å². The largest absolute Gasteiger partial charge is 0.306 e. The Bertz CT molecular complexity index is 565. The van der Waals surface area contributed by atoms with Crippen molar-refractivity contribution in [1.82, 2.24) is 15.1 Å². The number of nitrogens with zero attached hydrogens (tertiary/aromatic N) is 2. The molecule has 0 radical (unpaired) electrons. The van der Waals surface area contributed by atoms with Crippen LogP contribution in [0.25, 0.3) is 0 Å². The summed E-state index contributed by atoms with van der Waals surface area (Å²) in [6, 6.07) is 2.72. The van der Waals surface area contributed by atoms with Crippen LogP contribution in [0, 0.1) is 0 Å². The molecule has 1 aliphatic heterocycles. The standard InChI is InChI=1S/C16H23N3S2/c1-3-6-17-16(13-9-18-19(4-2)10-13)15-8-12-11-20-7-5-14(12)21-15/h8-10,16-17H,3-7,11H2,1-2H3. The van der Waals surface area contributed by atoms with Crippen molar-refractivity contribution in [3.8, 4) is 0 Å². The van der Waals surface area contributed by atoms with Crippen LogP contribution in [0.15, 0.2) is 18.5 Å². The second-order valence-electron chi connectivity index (χ2n) is 5.42. The van der Waals surface area contributed by atoms with E-state index in [4.69, 9.17) is 0 Å². The topological polar surface area (TPSA) is 29.9 Å². The van der Waals surface area contributed by atoms with Crippen LogP contribution in [0.3, 0.4) is 0 Å². The van der Waals surface area contributed by atoms with Gasteiger partial charge in [-0.3, -0.25) is 4.68 Å². The van der Waals surface area contributed by atoms with Crippen molar-refractivity contribution in [1.29, 1.82) is 0 Å². The van der Waals surface area contributed by atoms with Crippen molar-refractivity contribution in [2.45, 2.75) is 45.0 Å². The van der Waals surface area contributed by atoms with Gasteiger partial charge in [0.1, 0.15) is 0 Å². The number of thioether (sulfide) groups is 1. The minimum absolute atomic E-state index is 0.297. The number of hydrogen-bond acceptors (Lipinski definition) is 4. The Morgan fingerprint density at radius 1 is 1.43 bits per heavy atom. The minimum atomic E-state index is 0.297. The third kappa shape index (κ3) is 3.35. The molecule has 0 saturated heterocycles. The molecule has 5 heteroatoms. The van der Waals surface area contributed by atoms with E-state index in [1.165, 1.54) is 28.4 Å². The fraction of sp³-hybridized carbons (Fsp3) is 0.562. The quantitative estimate of drug-likeness (QED) is 0.876.